The highest BCUT2D eigenvalue weighted by molar-refractivity contribution is 7.89. The van der Waals surface area contributed by atoms with Gasteiger partial charge >= 0.3 is 0 Å². The summed E-state index contributed by atoms with van der Waals surface area (Å²) in [6.07, 6.45) is 5.47. The molecule has 2 fully saturated rings. The molecule has 0 aromatic heterocycles. The van der Waals surface area contributed by atoms with Crippen LogP contribution in [0.15, 0.2) is 23.1 Å². The molecule has 116 valence electrons. The molecular weight excluding hydrogens is 286 g/mol. The average Bonchev–Trinajstić information content (AvgIpc) is 3.37. The standard InChI is InChI=1S/C16H23NO3S/c1-2-13-4-3-12(10-18)9-15(13)21(19,20)17-11-16(7-8-16)14-5-6-14/h3-4,9,14,17-18H,2,5-8,10-11H2,1H3. The second-order valence-electron chi connectivity index (χ2n) is 6.41. The largest absolute Gasteiger partial charge is 0.392 e. The molecule has 0 saturated heterocycles. The number of hydrogen-bond acceptors (Lipinski definition) is 3. The molecule has 0 heterocycles. The van der Waals surface area contributed by atoms with Crippen LogP contribution in [0.2, 0.25) is 0 Å². The average molecular weight is 309 g/mol. The van der Waals surface area contributed by atoms with Gasteiger partial charge in [-0.15, -0.1) is 0 Å². The van der Waals surface area contributed by atoms with Gasteiger partial charge in [-0.1, -0.05) is 19.1 Å². The number of nitrogens with one attached hydrogen (secondary N) is 1. The van der Waals surface area contributed by atoms with Crippen molar-refractivity contribution in [3.63, 3.8) is 0 Å². The number of aliphatic hydroxyl groups is 1. The molecule has 0 atom stereocenters. The highest BCUT2D eigenvalue weighted by atomic mass is 32.2. The predicted octanol–water partition coefficient (Wildman–Crippen LogP) is 2.21. The minimum Gasteiger partial charge on any atom is -0.392 e. The Morgan fingerprint density at radius 1 is 1.33 bits per heavy atom. The fourth-order valence-corrected chi connectivity index (χ4v) is 4.64. The van der Waals surface area contributed by atoms with Crippen LogP contribution in [-0.4, -0.2) is 20.1 Å². The molecule has 0 radical (unpaired) electrons. The highest BCUT2D eigenvalue weighted by Crippen LogP contribution is 2.60. The van der Waals surface area contributed by atoms with Gasteiger partial charge in [0.2, 0.25) is 10.0 Å². The summed E-state index contributed by atoms with van der Waals surface area (Å²) < 4.78 is 28.0. The van der Waals surface area contributed by atoms with Crippen molar-refractivity contribution in [2.75, 3.05) is 6.54 Å². The Morgan fingerprint density at radius 3 is 2.57 bits per heavy atom. The highest BCUT2D eigenvalue weighted by Gasteiger charge is 2.53. The zero-order valence-corrected chi connectivity index (χ0v) is 13.2. The van der Waals surface area contributed by atoms with Crippen LogP contribution in [0.3, 0.4) is 0 Å². The van der Waals surface area contributed by atoms with Crippen LogP contribution in [0.5, 0.6) is 0 Å². The predicted molar refractivity (Wildman–Crippen MR) is 81.3 cm³/mol. The fourth-order valence-electron chi connectivity index (χ4n) is 3.14. The zero-order chi connectivity index (χ0) is 15.1. The third-order valence-electron chi connectivity index (χ3n) is 4.93. The third kappa shape index (κ3) is 3.00. The molecule has 2 saturated carbocycles. The number of hydrogen-bond donors (Lipinski definition) is 2. The first kappa shape index (κ1) is 15.0. The lowest BCUT2D eigenvalue weighted by Crippen LogP contribution is -2.32. The lowest BCUT2D eigenvalue weighted by molar-refractivity contribution is 0.281. The molecule has 21 heavy (non-hydrogen) atoms. The van der Waals surface area contributed by atoms with Gasteiger partial charge in [0, 0.05) is 6.54 Å². The van der Waals surface area contributed by atoms with E-state index in [1.54, 1.807) is 18.2 Å². The van der Waals surface area contributed by atoms with E-state index >= 15 is 0 Å². The maximum Gasteiger partial charge on any atom is 0.240 e. The van der Waals surface area contributed by atoms with Crippen molar-refractivity contribution in [3.05, 3.63) is 29.3 Å². The Kier molecular flexibility index (Phi) is 3.84. The Labute approximate surface area is 126 Å². The normalized spacial score (nSPS) is 20.5. The van der Waals surface area contributed by atoms with Gasteiger partial charge < -0.3 is 5.11 Å². The summed E-state index contributed by atoms with van der Waals surface area (Å²) in [4.78, 5) is 0.322. The first-order chi connectivity index (χ1) is 10.0. The van der Waals surface area contributed by atoms with E-state index in [4.69, 9.17) is 0 Å². The van der Waals surface area contributed by atoms with Crippen LogP contribution in [0.25, 0.3) is 0 Å². The lowest BCUT2D eigenvalue weighted by Gasteiger charge is -2.17. The fraction of sp³-hybridized carbons (Fsp3) is 0.625. The summed E-state index contributed by atoms with van der Waals surface area (Å²) in [5.41, 5.74) is 1.68. The molecule has 2 aliphatic carbocycles. The van der Waals surface area contributed by atoms with Crippen LogP contribution in [-0.2, 0) is 23.1 Å². The van der Waals surface area contributed by atoms with Gasteiger partial charge in [0.1, 0.15) is 0 Å². The van der Waals surface area contributed by atoms with Crippen molar-refractivity contribution in [1.82, 2.24) is 4.72 Å². The molecule has 5 heteroatoms. The van der Waals surface area contributed by atoms with Crippen LogP contribution in [0.4, 0.5) is 0 Å². The van der Waals surface area contributed by atoms with Crippen molar-refractivity contribution in [2.24, 2.45) is 11.3 Å². The van der Waals surface area contributed by atoms with Crippen molar-refractivity contribution < 1.29 is 13.5 Å². The molecule has 0 aliphatic heterocycles. The van der Waals surface area contributed by atoms with Gasteiger partial charge in [0.15, 0.2) is 0 Å². The van der Waals surface area contributed by atoms with Crippen LogP contribution in [0.1, 0.15) is 43.7 Å². The summed E-state index contributed by atoms with van der Waals surface area (Å²) in [5.74, 6) is 0.731. The van der Waals surface area contributed by atoms with Gasteiger partial charge in [-0.05, 0) is 60.6 Å². The van der Waals surface area contributed by atoms with E-state index in [1.807, 2.05) is 6.92 Å². The second kappa shape index (κ2) is 5.38. The Balaban J connectivity index is 1.80. The van der Waals surface area contributed by atoms with E-state index in [9.17, 15) is 13.5 Å². The lowest BCUT2D eigenvalue weighted by atomic mass is 10.0. The molecule has 0 bridgehead atoms. The summed E-state index contributed by atoms with van der Waals surface area (Å²) in [5, 5.41) is 9.23. The molecule has 1 aromatic carbocycles. The third-order valence-corrected chi connectivity index (χ3v) is 6.42. The number of rotatable bonds is 7. The van der Waals surface area contributed by atoms with E-state index in [0.29, 0.717) is 23.4 Å². The Morgan fingerprint density at radius 2 is 2.05 bits per heavy atom. The van der Waals surface area contributed by atoms with Crippen LogP contribution in [0, 0.1) is 11.3 Å². The van der Waals surface area contributed by atoms with Gasteiger partial charge in [-0.3, -0.25) is 0 Å². The van der Waals surface area contributed by atoms with Crippen molar-refractivity contribution >= 4 is 10.0 Å². The van der Waals surface area contributed by atoms with Crippen molar-refractivity contribution in [2.45, 2.75) is 50.5 Å². The van der Waals surface area contributed by atoms with Gasteiger partial charge in [0.05, 0.1) is 11.5 Å². The minimum absolute atomic E-state index is 0.140. The minimum atomic E-state index is -3.50. The Hall–Kier alpha value is -0.910. The summed E-state index contributed by atoms with van der Waals surface area (Å²) in [7, 11) is -3.50. The molecule has 4 nitrogen and oxygen atoms in total. The van der Waals surface area contributed by atoms with E-state index in [1.165, 1.54) is 12.8 Å². The first-order valence-electron chi connectivity index (χ1n) is 7.73. The van der Waals surface area contributed by atoms with Crippen LogP contribution < -0.4 is 4.72 Å². The smallest absolute Gasteiger partial charge is 0.240 e. The van der Waals surface area contributed by atoms with E-state index in [-0.39, 0.29) is 12.0 Å². The molecule has 2 aliphatic rings. The number of aliphatic hydroxyl groups excluding tert-OH is 1. The molecule has 2 N–H and O–H groups in total. The van der Waals surface area contributed by atoms with E-state index < -0.39 is 10.0 Å². The van der Waals surface area contributed by atoms with Crippen molar-refractivity contribution in [3.8, 4) is 0 Å². The van der Waals surface area contributed by atoms with Crippen LogP contribution >= 0.6 is 0 Å². The second-order valence-corrected chi connectivity index (χ2v) is 8.15. The van der Waals surface area contributed by atoms with Gasteiger partial charge in [-0.2, -0.15) is 0 Å². The maximum absolute atomic E-state index is 12.6. The SMILES string of the molecule is CCc1ccc(CO)cc1S(=O)(=O)NCC1(C2CC2)CC1. The zero-order valence-electron chi connectivity index (χ0n) is 12.4. The maximum atomic E-state index is 12.6. The molecule has 0 unspecified atom stereocenters. The number of sulfonamides is 1. The monoisotopic (exact) mass is 309 g/mol. The molecule has 1 aromatic rings. The summed E-state index contributed by atoms with van der Waals surface area (Å²) >= 11 is 0. The molecule has 0 spiro atoms. The van der Waals surface area contributed by atoms with Crippen molar-refractivity contribution in [1.29, 1.82) is 0 Å². The van der Waals surface area contributed by atoms with E-state index in [0.717, 1.165) is 24.3 Å². The summed E-state index contributed by atoms with van der Waals surface area (Å²) in [6, 6.07) is 5.18. The van der Waals surface area contributed by atoms with E-state index in [2.05, 4.69) is 4.72 Å². The molecular formula is C16H23NO3S. The quantitative estimate of drug-likeness (QED) is 0.811. The molecule has 0 amide bonds. The molecule has 3 rings (SSSR count). The summed E-state index contributed by atoms with van der Waals surface area (Å²) in [6.45, 7) is 2.37. The first-order valence-corrected chi connectivity index (χ1v) is 9.21. The van der Waals surface area contributed by atoms with Gasteiger partial charge in [-0.25, -0.2) is 13.1 Å². The number of benzene rings is 1. The number of aryl methyl sites for hydroxylation is 1. The Bertz CT molecular complexity index is 631. The van der Waals surface area contributed by atoms with Gasteiger partial charge in [0.25, 0.3) is 0 Å². The topological polar surface area (TPSA) is 66.4 Å².